The van der Waals surface area contributed by atoms with Crippen LogP contribution in [-0.2, 0) is 14.3 Å². The summed E-state index contributed by atoms with van der Waals surface area (Å²) in [4.78, 5) is 38.4. The first-order valence-electron chi connectivity index (χ1n) is 10.1. The van der Waals surface area contributed by atoms with Crippen LogP contribution in [0.4, 0.5) is 5.00 Å². The van der Waals surface area contributed by atoms with Crippen LogP contribution in [0.5, 0.6) is 0 Å². The van der Waals surface area contributed by atoms with Gasteiger partial charge in [0.15, 0.2) is 6.10 Å². The smallest absolute Gasteiger partial charge is 0.342 e. The first-order chi connectivity index (χ1) is 13.8. The van der Waals surface area contributed by atoms with Gasteiger partial charge in [0.1, 0.15) is 10.5 Å². The molecule has 2 N–H and O–H groups in total. The number of hydrogen-bond donors (Lipinski definition) is 2. The number of hydrogen-bond acceptors (Lipinski definition) is 6. The molecule has 0 bridgehead atoms. The van der Waals surface area contributed by atoms with Crippen LogP contribution in [0, 0.1) is 31.1 Å². The summed E-state index contributed by atoms with van der Waals surface area (Å²) < 4.78 is 5.42. The number of amides is 2. The molecule has 156 valence electrons. The average molecular weight is 418 g/mol. The molecule has 2 aliphatic carbocycles. The van der Waals surface area contributed by atoms with Gasteiger partial charge in [-0.25, -0.2) is 4.79 Å². The highest BCUT2D eigenvalue weighted by Crippen LogP contribution is 2.36. The van der Waals surface area contributed by atoms with Gasteiger partial charge in [0, 0.05) is 10.8 Å². The van der Waals surface area contributed by atoms with Crippen molar-refractivity contribution in [1.29, 1.82) is 5.26 Å². The van der Waals surface area contributed by atoms with Crippen molar-refractivity contribution in [2.45, 2.75) is 77.4 Å². The van der Waals surface area contributed by atoms with Gasteiger partial charge < -0.3 is 15.4 Å². The minimum atomic E-state index is -1.04. The van der Waals surface area contributed by atoms with Crippen molar-refractivity contribution < 1.29 is 19.1 Å². The molecule has 29 heavy (non-hydrogen) atoms. The Labute approximate surface area is 174 Å². The maximum Gasteiger partial charge on any atom is 0.342 e. The second kappa shape index (κ2) is 8.54. The molecule has 1 heterocycles. The van der Waals surface area contributed by atoms with Crippen molar-refractivity contribution in [3.05, 3.63) is 16.0 Å². The predicted octanol–water partition coefficient (Wildman–Crippen LogP) is 3.60. The Hall–Kier alpha value is -2.40. The van der Waals surface area contributed by atoms with Crippen molar-refractivity contribution >= 4 is 34.1 Å². The molecule has 1 aromatic heterocycles. The second-order valence-electron chi connectivity index (χ2n) is 8.04. The monoisotopic (exact) mass is 417 g/mol. The standard InChI is InChI=1S/C21H27N3O4S/c1-12-14(3)29-19(23-18(26)15-7-8-15)16(12)20(27)28-13(2)17(25)24-21(11-22)9-5-4-6-10-21/h13,15H,4-10H2,1-3H3,(H,23,26)(H,24,25)/t13-/m1/s1. The molecule has 2 aliphatic rings. The van der Waals surface area contributed by atoms with Crippen molar-refractivity contribution in [2.75, 3.05) is 5.32 Å². The molecule has 0 saturated heterocycles. The quantitative estimate of drug-likeness (QED) is 0.688. The number of esters is 1. The van der Waals surface area contributed by atoms with Crippen LogP contribution in [-0.4, -0.2) is 29.4 Å². The SMILES string of the molecule is Cc1sc(NC(=O)C2CC2)c(C(=O)O[C@H](C)C(=O)NC2(C#N)CCCCC2)c1C. The van der Waals surface area contributed by atoms with E-state index in [9.17, 15) is 19.6 Å². The molecule has 2 saturated carbocycles. The summed E-state index contributed by atoms with van der Waals surface area (Å²) in [6, 6.07) is 2.23. The highest BCUT2D eigenvalue weighted by atomic mass is 32.1. The van der Waals surface area contributed by atoms with E-state index in [4.69, 9.17) is 4.74 Å². The summed E-state index contributed by atoms with van der Waals surface area (Å²) in [5.41, 5.74) is 0.155. The Kier molecular flexibility index (Phi) is 6.27. The van der Waals surface area contributed by atoms with Crippen LogP contribution in [0.15, 0.2) is 0 Å². The number of thiophene rings is 1. The van der Waals surface area contributed by atoms with Crippen molar-refractivity contribution in [3.8, 4) is 6.07 Å². The number of nitrogens with zero attached hydrogens (tertiary/aromatic N) is 1. The van der Waals surface area contributed by atoms with Gasteiger partial charge in [-0.05, 0) is 52.0 Å². The summed E-state index contributed by atoms with van der Waals surface area (Å²) in [5, 5.41) is 15.6. The highest BCUT2D eigenvalue weighted by Gasteiger charge is 2.36. The summed E-state index contributed by atoms with van der Waals surface area (Å²) in [6.07, 6.45) is 4.74. The van der Waals surface area contributed by atoms with Crippen LogP contribution >= 0.6 is 11.3 Å². The maximum absolute atomic E-state index is 12.8. The third-order valence-electron chi connectivity index (χ3n) is 5.71. The van der Waals surface area contributed by atoms with Gasteiger partial charge in [0.05, 0.1) is 11.6 Å². The van der Waals surface area contributed by atoms with Crippen LogP contribution in [0.3, 0.4) is 0 Å². The number of nitriles is 1. The molecule has 1 aromatic rings. The average Bonchev–Trinajstić information content (AvgIpc) is 3.50. The zero-order chi connectivity index (χ0) is 21.2. The molecule has 0 aromatic carbocycles. The summed E-state index contributed by atoms with van der Waals surface area (Å²) in [6.45, 7) is 5.17. The van der Waals surface area contributed by atoms with Crippen molar-refractivity contribution in [3.63, 3.8) is 0 Å². The van der Waals surface area contributed by atoms with Gasteiger partial charge in [0.25, 0.3) is 5.91 Å². The highest BCUT2D eigenvalue weighted by molar-refractivity contribution is 7.16. The van der Waals surface area contributed by atoms with E-state index < -0.39 is 23.5 Å². The van der Waals surface area contributed by atoms with E-state index in [1.165, 1.54) is 18.3 Å². The Balaban J connectivity index is 1.68. The van der Waals surface area contributed by atoms with Gasteiger partial charge in [-0.1, -0.05) is 19.3 Å². The molecule has 0 aliphatic heterocycles. The lowest BCUT2D eigenvalue weighted by Crippen LogP contribution is -2.52. The summed E-state index contributed by atoms with van der Waals surface area (Å²) >= 11 is 1.33. The zero-order valence-corrected chi connectivity index (χ0v) is 17.9. The largest absolute Gasteiger partial charge is 0.449 e. The molecule has 8 heteroatoms. The van der Waals surface area contributed by atoms with Crippen LogP contribution in [0.2, 0.25) is 0 Å². The molecule has 2 fully saturated rings. The first kappa shape index (κ1) is 21.3. The van der Waals surface area contributed by atoms with Crippen molar-refractivity contribution in [2.24, 2.45) is 5.92 Å². The summed E-state index contributed by atoms with van der Waals surface area (Å²) in [7, 11) is 0. The van der Waals surface area contributed by atoms with E-state index in [1.807, 2.05) is 6.92 Å². The normalized spacial score (nSPS) is 19.0. The molecule has 2 amide bonds. The number of nitrogens with one attached hydrogen (secondary N) is 2. The lowest BCUT2D eigenvalue weighted by atomic mass is 9.83. The van der Waals surface area contributed by atoms with Gasteiger partial charge in [-0.15, -0.1) is 11.3 Å². The van der Waals surface area contributed by atoms with E-state index in [2.05, 4.69) is 16.7 Å². The lowest BCUT2D eigenvalue weighted by Gasteiger charge is -2.32. The molecule has 0 unspecified atom stereocenters. The Morgan fingerprint density at radius 1 is 1.21 bits per heavy atom. The third-order valence-corrected chi connectivity index (χ3v) is 6.83. The van der Waals surface area contributed by atoms with Crippen LogP contribution in [0.25, 0.3) is 0 Å². The first-order valence-corrected chi connectivity index (χ1v) is 10.9. The van der Waals surface area contributed by atoms with E-state index in [0.717, 1.165) is 42.5 Å². The van der Waals surface area contributed by atoms with E-state index in [0.29, 0.717) is 23.4 Å². The van der Waals surface area contributed by atoms with E-state index in [1.54, 1.807) is 6.92 Å². The van der Waals surface area contributed by atoms with Gasteiger partial charge in [-0.3, -0.25) is 9.59 Å². The van der Waals surface area contributed by atoms with Crippen LogP contribution < -0.4 is 10.6 Å². The molecule has 7 nitrogen and oxygen atoms in total. The fourth-order valence-electron chi connectivity index (χ4n) is 3.55. The number of aryl methyl sites for hydroxylation is 1. The number of carbonyl (C=O) groups excluding carboxylic acids is 3. The molecular formula is C21H27N3O4S. The number of carbonyl (C=O) groups is 3. The maximum atomic E-state index is 12.8. The summed E-state index contributed by atoms with van der Waals surface area (Å²) in [5.74, 6) is -1.19. The zero-order valence-electron chi connectivity index (χ0n) is 17.1. The molecule has 3 rings (SSSR count). The molecular weight excluding hydrogens is 390 g/mol. The van der Waals surface area contributed by atoms with E-state index in [-0.39, 0.29) is 11.8 Å². The van der Waals surface area contributed by atoms with E-state index >= 15 is 0 Å². The fraction of sp³-hybridized carbons (Fsp3) is 0.619. The minimum Gasteiger partial charge on any atom is -0.449 e. The lowest BCUT2D eigenvalue weighted by molar-refractivity contribution is -0.130. The third kappa shape index (κ3) is 4.78. The van der Waals surface area contributed by atoms with Crippen LogP contribution in [0.1, 0.15) is 72.7 Å². The van der Waals surface area contributed by atoms with Gasteiger partial charge >= 0.3 is 5.97 Å². The molecule has 0 spiro atoms. The second-order valence-corrected chi connectivity index (χ2v) is 9.27. The molecule has 0 radical (unpaired) electrons. The Morgan fingerprint density at radius 2 is 1.86 bits per heavy atom. The topological polar surface area (TPSA) is 108 Å². The number of anilines is 1. The van der Waals surface area contributed by atoms with Gasteiger partial charge in [0.2, 0.25) is 5.91 Å². The minimum absolute atomic E-state index is 0.0175. The Bertz CT molecular complexity index is 860. The molecule has 1 atom stereocenters. The fourth-order valence-corrected chi connectivity index (χ4v) is 4.60. The number of rotatable bonds is 6. The Morgan fingerprint density at radius 3 is 2.45 bits per heavy atom. The predicted molar refractivity (Wildman–Crippen MR) is 110 cm³/mol. The van der Waals surface area contributed by atoms with Gasteiger partial charge in [-0.2, -0.15) is 5.26 Å². The van der Waals surface area contributed by atoms with Crippen molar-refractivity contribution in [1.82, 2.24) is 5.32 Å². The number of ether oxygens (including phenoxy) is 1.